The molecule has 0 bridgehead atoms. The molecule has 0 atom stereocenters. The van der Waals surface area contributed by atoms with Crippen molar-refractivity contribution in [3.8, 4) is 17.0 Å². The van der Waals surface area contributed by atoms with Gasteiger partial charge in [0.25, 0.3) is 0 Å². The molecule has 1 fully saturated rings. The van der Waals surface area contributed by atoms with Crippen LogP contribution < -0.4 is 9.64 Å². The molecule has 0 aliphatic carbocycles. The molecule has 23 heavy (non-hydrogen) atoms. The van der Waals surface area contributed by atoms with Crippen LogP contribution in [0, 0.1) is 0 Å². The number of carbonyl (C=O) groups is 1. The van der Waals surface area contributed by atoms with Gasteiger partial charge < -0.3 is 19.5 Å². The van der Waals surface area contributed by atoms with Crippen LogP contribution in [0.4, 0.5) is 5.95 Å². The first kappa shape index (κ1) is 15.2. The van der Waals surface area contributed by atoms with Crippen LogP contribution in [0.5, 0.6) is 5.75 Å². The van der Waals surface area contributed by atoms with Gasteiger partial charge in [-0.1, -0.05) is 12.1 Å². The number of ether oxygens (including phenoxy) is 2. The molecule has 7 heteroatoms. The SMILES string of the molecule is COc1ccccc1-c1nc(N2CCOCC2)ncc1C(=O)O. The standard InChI is InChI=1S/C16H17N3O4/c1-22-13-5-3-2-4-11(13)14-12(15(20)21)10-17-16(18-14)19-6-8-23-9-7-19/h2-5,10H,6-9H2,1H3,(H,20,21). The highest BCUT2D eigenvalue weighted by atomic mass is 16.5. The van der Waals surface area contributed by atoms with E-state index in [9.17, 15) is 9.90 Å². The molecule has 0 amide bonds. The maximum atomic E-state index is 11.5. The largest absolute Gasteiger partial charge is 0.496 e. The summed E-state index contributed by atoms with van der Waals surface area (Å²) in [5.41, 5.74) is 1.03. The van der Waals surface area contributed by atoms with Gasteiger partial charge in [0.2, 0.25) is 5.95 Å². The summed E-state index contributed by atoms with van der Waals surface area (Å²) < 4.78 is 10.7. The minimum Gasteiger partial charge on any atom is -0.496 e. The highest BCUT2D eigenvalue weighted by molar-refractivity contribution is 5.95. The van der Waals surface area contributed by atoms with Gasteiger partial charge >= 0.3 is 5.97 Å². The first-order valence-electron chi connectivity index (χ1n) is 7.27. The van der Waals surface area contributed by atoms with E-state index in [0.29, 0.717) is 49.3 Å². The third kappa shape index (κ3) is 3.09. The highest BCUT2D eigenvalue weighted by Crippen LogP contribution is 2.31. The zero-order valence-corrected chi connectivity index (χ0v) is 12.7. The molecular weight excluding hydrogens is 298 g/mol. The third-order valence-corrected chi connectivity index (χ3v) is 3.66. The fourth-order valence-corrected chi connectivity index (χ4v) is 2.49. The average Bonchev–Trinajstić information content (AvgIpc) is 2.61. The van der Waals surface area contributed by atoms with Crippen LogP contribution in [0.1, 0.15) is 10.4 Å². The number of rotatable bonds is 4. The Hall–Kier alpha value is -2.67. The lowest BCUT2D eigenvalue weighted by atomic mass is 10.1. The van der Waals surface area contributed by atoms with Crippen LogP contribution in [-0.2, 0) is 4.74 Å². The van der Waals surface area contributed by atoms with E-state index in [2.05, 4.69) is 9.97 Å². The van der Waals surface area contributed by atoms with Crippen molar-refractivity contribution in [2.45, 2.75) is 0 Å². The Morgan fingerprint density at radius 3 is 2.74 bits per heavy atom. The summed E-state index contributed by atoms with van der Waals surface area (Å²) in [5.74, 6) is 0.000247. The Morgan fingerprint density at radius 2 is 2.04 bits per heavy atom. The molecule has 1 aromatic carbocycles. The number of anilines is 1. The molecule has 0 radical (unpaired) electrons. The zero-order valence-electron chi connectivity index (χ0n) is 12.7. The molecule has 0 unspecified atom stereocenters. The van der Waals surface area contributed by atoms with Gasteiger partial charge in [-0.2, -0.15) is 0 Å². The van der Waals surface area contributed by atoms with Crippen molar-refractivity contribution in [1.29, 1.82) is 0 Å². The van der Waals surface area contributed by atoms with E-state index >= 15 is 0 Å². The molecule has 2 heterocycles. The Labute approximate surface area is 133 Å². The number of aromatic nitrogens is 2. The molecule has 1 aliphatic heterocycles. The summed E-state index contributed by atoms with van der Waals surface area (Å²) in [4.78, 5) is 22.2. The van der Waals surface area contributed by atoms with Gasteiger partial charge in [0.05, 0.1) is 26.0 Å². The molecule has 0 spiro atoms. The lowest BCUT2D eigenvalue weighted by molar-refractivity contribution is 0.0697. The number of nitrogens with zero attached hydrogens (tertiary/aromatic N) is 3. The summed E-state index contributed by atoms with van der Waals surface area (Å²) >= 11 is 0. The van der Waals surface area contributed by atoms with E-state index in [1.54, 1.807) is 19.2 Å². The number of aromatic carboxylic acids is 1. The summed E-state index contributed by atoms with van der Waals surface area (Å²) in [6.07, 6.45) is 1.35. The first-order valence-corrected chi connectivity index (χ1v) is 7.27. The van der Waals surface area contributed by atoms with E-state index < -0.39 is 5.97 Å². The van der Waals surface area contributed by atoms with Crippen LogP contribution >= 0.6 is 0 Å². The predicted octanol–water partition coefficient (Wildman–Crippen LogP) is 1.69. The monoisotopic (exact) mass is 315 g/mol. The van der Waals surface area contributed by atoms with Crippen molar-refractivity contribution in [2.24, 2.45) is 0 Å². The van der Waals surface area contributed by atoms with Gasteiger partial charge in [-0.15, -0.1) is 0 Å². The first-order chi connectivity index (χ1) is 11.2. The quantitative estimate of drug-likeness (QED) is 0.919. The van der Waals surface area contributed by atoms with Crippen LogP contribution in [-0.4, -0.2) is 54.5 Å². The topological polar surface area (TPSA) is 84.8 Å². The molecule has 1 aliphatic rings. The molecule has 7 nitrogen and oxygen atoms in total. The van der Waals surface area contributed by atoms with Gasteiger partial charge in [-0.3, -0.25) is 0 Å². The molecular formula is C16H17N3O4. The van der Waals surface area contributed by atoms with Crippen molar-refractivity contribution in [3.63, 3.8) is 0 Å². The number of benzene rings is 1. The summed E-state index contributed by atoms with van der Waals surface area (Å²) in [5, 5.41) is 9.44. The van der Waals surface area contributed by atoms with Crippen molar-refractivity contribution < 1.29 is 19.4 Å². The Kier molecular flexibility index (Phi) is 4.38. The molecule has 1 saturated heterocycles. The van der Waals surface area contributed by atoms with E-state index in [-0.39, 0.29) is 5.56 Å². The number of morpholine rings is 1. The van der Waals surface area contributed by atoms with E-state index in [1.807, 2.05) is 17.0 Å². The smallest absolute Gasteiger partial charge is 0.339 e. The minimum absolute atomic E-state index is 0.0477. The Balaban J connectivity index is 2.10. The second kappa shape index (κ2) is 6.62. The number of methoxy groups -OCH3 is 1. The number of hydrogen-bond donors (Lipinski definition) is 1. The number of carboxylic acids is 1. The van der Waals surface area contributed by atoms with Crippen LogP contribution in [0.15, 0.2) is 30.5 Å². The number of hydrogen-bond acceptors (Lipinski definition) is 6. The Bertz CT molecular complexity index is 714. The van der Waals surface area contributed by atoms with E-state index in [1.165, 1.54) is 6.20 Å². The number of carboxylic acid groups (broad SMARTS) is 1. The third-order valence-electron chi connectivity index (χ3n) is 3.66. The van der Waals surface area contributed by atoms with Crippen molar-refractivity contribution >= 4 is 11.9 Å². The lowest BCUT2D eigenvalue weighted by Crippen LogP contribution is -2.37. The second-order valence-corrected chi connectivity index (χ2v) is 5.04. The molecule has 2 aromatic rings. The van der Waals surface area contributed by atoms with Crippen LogP contribution in [0.3, 0.4) is 0 Å². The van der Waals surface area contributed by atoms with Crippen molar-refractivity contribution in [1.82, 2.24) is 9.97 Å². The normalized spacial score (nSPS) is 14.6. The highest BCUT2D eigenvalue weighted by Gasteiger charge is 2.21. The molecule has 0 saturated carbocycles. The van der Waals surface area contributed by atoms with Gasteiger partial charge in [0, 0.05) is 24.8 Å². The molecule has 1 aromatic heterocycles. The molecule has 120 valence electrons. The van der Waals surface area contributed by atoms with Crippen LogP contribution in [0.25, 0.3) is 11.3 Å². The number of para-hydroxylation sites is 1. The van der Waals surface area contributed by atoms with Crippen molar-refractivity contribution in [3.05, 3.63) is 36.0 Å². The summed E-state index contributed by atoms with van der Waals surface area (Å²) in [7, 11) is 1.54. The summed E-state index contributed by atoms with van der Waals surface area (Å²) in [6.45, 7) is 2.57. The summed E-state index contributed by atoms with van der Waals surface area (Å²) in [6, 6.07) is 7.21. The fraction of sp³-hybridized carbons (Fsp3) is 0.312. The van der Waals surface area contributed by atoms with Gasteiger partial charge in [-0.25, -0.2) is 14.8 Å². The van der Waals surface area contributed by atoms with Gasteiger partial charge in [0.1, 0.15) is 11.3 Å². The maximum Gasteiger partial charge on any atom is 0.339 e. The Morgan fingerprint density at radius 1 is 1.30 bits per heavy atom. The predicted molar refractivity (Wildman–Crippen MR) is 84.0 cm³/mol. The zero-order chi connectivity index (χ0) is 16.2. The van der Waals surface area contributed by atoms with Gasteiger partial charge in [0.15, 0.2) is 0 Å². The minimum atomic E-state index is -1.07. The van der Waals surface area contributed by atoms with Crippen molar-refractivity contribution in [2.75, 3.05) is 38.3 Å². The lowest BCUT2D eigenvalue weighted by Gasteiger charge is -2.27. The fourth-order valence-electron chi connectivity index (χ4n) is 2.49. The van der Waals surface area contributed by atoms with E-state index in [4.69, 9.17) is 9.47 Å². The van der Waals surface area contributed by atoms with E-state index in [0.717, 1.165) is 0 Å². The maximum absolute atomic E-state index is 11.5. The van der Waals surface area contributed by atoms with Gasteiger partial charge in [-0.05, 0) is 12.1 Å². The molecule has 3 rings (SSSR count). The second-order valence-electron chi connectivity index (χ2n) is 5.04. The average molecular weight is 315 g/mol. The molecule has 1 N–H and O–H groups in total. The van der Waals surface area contributed by atoms with Crippen LogP contribution in [0.2, 0.25) is 0 Å².